The number of rotatable bonds is 0. The predicted molar refractivity (Wildman–Crippen MR) is 85.0 cm³/mol. The van der Waals surface area contributed by atoms with Gasteiger partial charge in [-0.1, -0.05) is 39.8 Å². The van der Waals surface area contributed by atoms with Gasteiger partial charge in [-0.25, -0.2) is 0 Å². The number of allylic oxidation sites excluding steroid dienone is 6. The molecule has 0 amide bonds. The van der Waals surface area contributed by atoms with Crippen LogP contribution in [0.5, 0.6) is 0 Å². The number of hydrogen-bond donors (Lipinski definition) is 1. The summed E-state index contributed by atoms with van der Waals surface area (Å²) in [5.74, 6) is -0.683. The third-order valence-electron chi connectivity index (χ3n) is 5.93. The molecule has 3 aliphatic carbocycles. The minimum Gasteiger partial charge on any atom is -0.393 e. The minimum atomic E-state index is -0.861. The Labute approximate surface area is 136 Å². The molecule has 0 spiro atoms. The first-order chi connectivity index (χ1) is 10.6. The van der Waals surface area contributed by atoms with Crippen LogP contribution in [0.4, 0.5) is 0 Å². The van der Waals surface area contributed by atoms with Crippen molar-refractivity contribution in [3.8, 4) is 6.07 Å². The highest BCUT2D eigenvalue weighted by Crippen LogP contribution is 2.62. The second-order valence-electron chi connectivity index (χ2n) is 7.96. The molecular formula is C19H21NO3. The SMILES string of the molecule is CC12C=CC(=O)C=C1[C@@]1(C)C=C(C#N)C(=O)C(C)(C)[C@@H]1[C@@H](O)C2. The Kier molecular flexibility index (Phi) is 3.12. The van der Waals surface area contributed by atoms with Crippen LogP contribution in [0.25, 0.3) is 0 Å². The van der Waals surface area contributed by atoms with Crippen molar-refractivity contribution in [1.29, 1.82) is 5.26 Å². The van der Waals surface area contributed by atoms with Crippen LogP contribution in [-0.2, 0) is 9.59 Å². The number of aliphatic hydroxyl groups excluding tert-OH is 1. The van der Waals surface area contributed by atoms with Gasteiger partial charge in [0, 0.05) is 22.2 Å². The van der Waals surface area contributed by atoms with Gasteiger partial charge in [-0.15, -0.1) is 0 Å². The molecule has 0 aromatic carbocycles. The van der Waals surface area contributed by atoms with Crippen LogP contribution < -0.4 is 0 Å². The van der Waals surface area contributed by atoms with E-state index in [1.807, 2.05) is 26.0 Å². The zero-order valence-electron chi connectivity index (χ0n) is 13.9. The smallest absolute Gasteiger partial charge is 0.179 e. The normalized spacial score (nSPS) is 41.4. The molecule has 0 heterocycles. The van der Waals surface area contributed by atoms with Gasteiger partial charge in [0.05, 0.1) is 11.7 Å². The van der Waals surface area contributed by atoms with E-state index in [9.17, 15) is 20.0 Å². The van der Waals surface area contributed by atoms with Crippen LogP contribution in [0.1, 0.15) is 34.1 Å². The molecule has 3 rings (SSSR count). The van der Waals surface area contributed by atoms with Crippen LogP contribution in [0.15, 0.2) is 35.5 Å². The second kappa shape index (κ2) is 4.52. The first kappa shape index (κ1) is 15.9. The van der Waals surface area contributed by atoms with E-state index in [4.69, 9.17) is 0 Å². The minimum absolute atomic E-state index is 0.0875. The van der Waals surface area contributed by atoms with Gasteiger partial charge in [-0.05, 0) is 24.1 Å². The van der Waals surface area contributed by atoms with Crippen molar-refractivity contribution >= 4 is 11.6 Å². The molecule has 1 saturated carbocycles. The van der Waals surface area contributed by atoms with Gasteiger partial charge >= 0.3 is 0 Å². The molecule has 4 nitrogen and oxygen atoms in total. The van der Waals surface area contributed by atoms with Gasteiger partial charge in [0.1, 0.15) is 6.07 Å². The molecule has 4 heteroatoms. The molecule has 0 bridgehead atoms. The van der Waals surface area contributed by atoms with Crippen molar-refractivity contribution < 1.29 is 14.7 Å². The number of nitrogens with zero attached hydrogens (tertiary/aromatic N) is 1. The second-order valence-corrected chi connectivity index (χ2v) is 7.96. The highest BCUT2D eigenvalue weighted by Gasteiger charge is 2.61. The van der Waals surface area contributed by atoms with Crippen molar-refractivity contribution in [2.75, 3.05) is 0 Å². The average Bonchev–Trinajstić information content (AvgIpc) is 2.44. The summed E-state index contributed by atoms with van der Waals surface area (Å²) in [7, 11) is 0. The third-order valence-corrected chi connectivity index (χ3v) is 5.93. The molecule has 1 N–H and O–H groups in total. The molecule has 4 atom stereocenters. The number of nitriles is 1. The Morgan fingerprint density at radius 2 is 1.91 bits per heavy atom. The largest absolute Gasteiger partial charge is 0.393 e. The molecule has 0 aromatic rings. The molecule has 0 aromatic heterocycles. The van der Waals surface area contributed by atoms with Crippen LogP contribution >= 0.6 is 0 Å². The molecule has 23 heavy (non-hydrogen) atoms. The summed E-state index contributed by atoms with van der Waals surface area (Å²) in [6.45, 7) is 7.50. The molecule has 0 saturated heterocycles. The van der Waals surface area contributed by atoms with Gasteiger partial charge in [0.15, 0.2) is 11.6 Å². The fourth-order valence-electron chi connectivity index (χ4n) is 5.11. The van der Waals surface area contributed by atoms with Gasteiger partial charge < -0.3 is 5.11 Å². The first-order valence-corrected chi connectivity index (χ1v) is 7.88. The van der Waals surface area contributed by atoms with Crippen molar-refractivity contribution in [3.05, 3.63) is 35.5 Å². The van der Waals surface area contributed by atoms with Crippen molar-refractivity contribution in [2.24, 2.45) is 22.2 Å². The zero-order chi connectivity index (χ0) is 17.2. The van der Waals surface area contributed by atoms with Gasteiger partial charge in [0.25, 0.3) is 0 Å². The summed E-state index contributed by atoms with van der Waals surface area (Å²) in [4.78, 5) is 24.6. The standard InChI is InChI=1S/C19H21NO3/c1-17(2)15-13(22)9-18(3)6-5-12(21)7-14(18)19(15,4)8-11(10-20)16(17)23/h5-8,13,15,22H,9H2,1-4H3/t13-,15-,18?,19+/m0/s1. The number of Topliss-reactive ketones (excluding diaryl/α,β-unsaturated/α-hetero) is 1. The van der Waals surface area contributed by atoms with Crippen LogP contribution in [0.2, 0.25) is 0 Å². The topological polar surface area (TPSA) is 78.2 Å². The molecular weight excluding hydrogens is 290 g/mol. The number of aliphatic hydroxyl groups is 1. The zero-order valence-corrected chi connectivity index (χ0v) is 13.9. The van der Waals surface area contributed by atoms with Crippen LogP contribution in [-0.4, -0.2) is 22.8 Å². The van der Waals surface area contributed by atoms with Crippen molar-refractivity contribution in [3.63, 3.8) is 0 Å². The lowest BCUT2D eigenvalue weighted by Gasteiger charge is -2.58. The summed E-state index contributed by atoms with van der Waals surface area (Å²) in [6.07, 6.45) is 6.46. The van der Waals surface area contributed by atoms with Crippen molar-refractivity contribution in [1.82, 2.24) is 0 Å². The number of carbonyl (C=O) groups is 2. The maximum atomic E-state index is 12.6. The molecule has 1 unspecified atom stereocenters. The Morgan fingerprint density at radius 3 is 2.52 bits per heavy atom. The van der Waals surface area contributed by atoms with E-state index in [0.717, 1.165) is 5.57 Å². The van der Waals surface area contributed by atoms with E-state index >= 15 is 0 Å². The Hall–Kier alpha value is -1.99. The Morgan fingerprint density at radius 1 is 1.26 bits per heavy atom. The van der Waals surface area contributed by atoms with E-state index in [1.165, 1.54) is 6.08 Å². The molecule has 0 radical (unpaired) electrons. The van der Waals surface area contributed by atoms with E-state index in [2.05, 4.69) is 0 Å². The summed E-state index contributed by atoms with van der Waals surface area (Å²) < 4.78 is 0. The van der Waals surface area contributed by atoms with Crippen molar-refractivity contribution in [2.45, 2.75) is 40.2 Å². The summed E-state index contributed by atoms with van der Waals surface area (Å²) >= 11 is 0. The fourth-order valence-corrected chi connectivity index (χ4v) is 5.11. The molecule has 3 aliphatic rings. The van der Waals surface area contributed by atoms with Gasteiger partial charge in [-0.2, -0.15) is 5.26 Å². The Balaban J connectivity index is 2.31. The number of hydrogen-bond acceptors (Lipinski definition) is 4. The molecule has 120 valence electrons. The lowest BCUT2D eigenvalue weighted by atomic mass is 9.45. The van der Waals surface area contributed by atoms with Crippen LogP contribution in [0, 0.1) is 33.5 Å². The number of fused-ring (bicyclic) bond motifs is 3. The van der Waals surface area contributed by atoms with Gasteiger partial charge in [-0.3, -0.25) is 9.59 Å². The van der Waals surface area contributed by atoms with Crippen LogP contribution in [0.3, 0.4) is 0 Å². The fraction of sp³-hybridized carbons (Fsp3) is 0.526. The van der Waals surface area contributed by atoms with E-state index in [0.29, 0.717) is 6.42 Å². The quantitative estimate of drug-likeness (QED) is 0.745. The molecule has 0 aliphatic heterocycles. The maximum Gasteiger partial charge on any atom is 0.179 e. The third kappa shape index (κ3) is 1.93. The average molecular weight is 311 g/mol. The van der Waals surface area contributed by atoms with E-state index < -0.39 is 22.3 Å². The Bertz CT molecular complexity index is 749. The lowest BCUT2D eigenvalue weighted by Crippen LogP contribution is -2.58. The van der Waals surface area contributed by atoms with Gasteiger partial charge in [0.2, 0.25) is 0 Å². The maximum absolute atomic E-state index is 12.6. The molecule has 1 fully saturated rings. The monoisotopic (exact) mass is 311 g/mol. The lowest BCUT2D eigenvalue weighted by molar-refractivity contribution is -0.138. The van der Waals surface area contributed by atoms with E-state index in [1.54, 1.807) is 26.0 Å². The number of ketones is 2. The summed E-state index contributed by atoms with van der Waals surface area (Å²) in [6, 6.07) is 2.00. The highest BCUT2D eigenvalue weighted by molar-refractivity contribution is 6.05. The predicted octanol–water partition coefficient (Wildman–Crippen LogP) is 2.50. The first-order valence-electron chi connectivity index (χ1n) is 7.88. The highest BCUT2D eigenvalue weighted by atomic mass is 16.3. The van der Waals surface area contributed by atoms with E-state index in [-0.39, 0.29) is 23.1 Å². The summed E-state index contributed by atoms with van der Waals surface area (Å²) in [5.41, 5.74) is -0.990. The summed E-state index contributed by atoms with van der Waals surface area (Å²) in [5, 5.41) is 20.2. The number of carbonyl (C=O) groups excluding carboxylic acids is 2.